The second-order valence-corrected chi connectivity index (χ2v) is 4.55. The van der Waals surface area contributed by atoms with Crippen molar-refractivity contribution in [2.24, 2.45) is 5.92 Å². The quantitative estimate of drug-likeness (QED) is 0.815. The fraction of sp³-hybridized carbons (Fsp3) is 0.385. The van der Waals surface area contributed by atoms with Gasteiger partial charge in [0.1, 0.15) is 12.1 Å². The van der Waals surface area contributed by atoms with Crippen LogP contribution in [0.25, 0.3) is 0 Å². The van der Waals surface area contributed by atoms with E-state index in [1.54, 1.807) is 17.0 Å². The van der Waals surface area contributed by atoms with Crippen molar-refractivity contribution in [3.8, 4) is 0 Å². The molecule has 0 bridgehead atoms. The van der Waals surface area contributed by atoms with Crippen molar-refractivity contribution < 1.29 is 19.1 Å². The zero-order valence-electron chi connectivity index (χ0n) is 9.75. The summed E-state index contributed by atoms with van der Waals surface area (Å²) in [6.45, 7) is 0.798. The predicted octanol–water partition coefficient (Wildman–Crippen LogP) is 1.12. The maximum Gasteiger partial charge on any atom is 0.317 e. The Morgan fingerprint density at radius 1 is 1.50 bits per heavy atom. The number of benzene rings is 1. The molecule has 1 aromatic rings. The molecule has 0 unspecified atom stereocenters. The van der Waals surface area contributed by atoms with Crippen LogP contribution in [0.1, 0.15) is 11.5 Å². The fourth-order valence-corrected chi connectivity index (χ4v) is 2.46. The van der Waals surface area contributed by atoms with E-state index in [4.69, 9.17) is 5.11 Å². The van der Waals surface area contributed by atoms with Crippen LogP contribution in [-0.4, -0.2) is 41.9 Å². The average Bonchev–Trinajstić information content (AvgIpc) is 2.71. The maximum absolute atomic E-state index is 13.2. The number of aldehydes is 1. The monoisotopic (exact) mass is 251 g/mol. The highest BCUT2D eigenvalue weighted by Crippen LogP contribution is 2.31. The van der Waals surface area contributed by atoms with E-state index in [1.165, 1.54) is 12.1 Å². The van der Waals surface area contributed by atoms with Gasteiger partial charge in [0, 0.05) is 24.9 Å². The van der Waals surface area contributed by atoms with Gasteiger partial charge in [0.15, 0.2) is 0 Å². The number of halogens is 1. The number of carbonyl (C=O) groups is 2. The van der Waals surface area contributed by atoms with Crippen LogP contribution >= 0.6 is 0 Å². The van der Waals surface area contributed by atoms with Crippen LogP contribution in [-0.2, 0) is 9.59 Å². The van der Waals surface area contributed by atoms with Gasteiger partial charge in [-0.1, -0.05) is 12.1 Å². The molecular weight excluding hydrogens is 237 g/mol. The Bertz CT molecular complexity index is 463. The predicted molar refractivity (Wildman–Crippen MR) is 62.8 cm³/mol. The van der Waals surface area contributed by atoms with Crippen LogP contribution in [0.15, 0.2) is 24.3 Å². The van der Waals surface area contributed by atoms with Crippen molar-refractivity contribution in [3.63, 3.8) is 0 Å². The van der Waals surface area contributed by atoms with Crippen molar-refractivity contribution in [2.75, 3.05) is 19.6 Å². The molecule has 1 saturated heterocycles. The summed E-state index contributed by atoms with van der Waals surface area (Å²) in [5.41, 5.74) is 0.750. The van der Waals surface area contributed by atoms with Crippen LogP contribution in [0, 0.1) is 11.7 Å². The van der Waals surface area contributed by atoms with E-state index in [2.05, 4.69) is 0 Å². The molecule has 0 spiro atoms. The number of aliphatic carboxylic acids is 1. The minimum Gasteiger partial charge on any atom is -0.480 e. The minimum absolute atomic E-state index is 0.0871. The first-order chi connectivity index (χ1) is 8.60. The number of carbonyl (C=O) groups excluding carboxylic acids is 1. The first kappa shape index (κ1) is 12.7. The van der Waals surface area contributed by atoms with Crippen LogP contribution in [0.4, 0.5) is 4.39 Å². The van der Waals surface area contributed by atoms with E-state index in [0.29, 0.717) is 13.1 Å². The van der Waals surface area contributed by atoms with Gasteiger partial charge in [-0.15, -0.1) is 0 Å². The molecule has 0 radical (unpaired) electrons. The lowest BCUT2D eigenvalue weighted by Gasteiger charge is -2.14. The van der Waals surface area contributed by atoms with Gasteiger partial charge in [-0.2, -0.15) is 0 Å². The largest absolute Gasteiger partial charge is 0.480 e. The summed E-state index contributed by atoms with van der Waals surface area (Å²) in [6, 6.07) is 6.13. The first-order valence-electron chi connectivity index (χ1n) is 5.75. The highest BCUT2D eigenvalue weighted by Gasteiger charge is 2.34. The third kappa shape index (κ3) is 2.73. The second-order valence-electron chi connectivity index (χ2n) is 4.55. The van der Waals surface area contributed by atoms with Crippen molar-refractivity contribution >= 4 is 12.3 Å². The number of nitrogens with zero attached hydrogens (tertiary/aromatic N) is 1. The molecule has 2 rings (SSSR count). The Morgan fingerprint density at radius 3 is 2.89 bits per heavy atom. The van der Waals surface area contributed by atoms with E-state index in [9.17, 15) is 14.0 Å². The molecule has 2 atom stereocenters. The summed E-state index contributed by atoms with van der Waals surface area (Å²) in [4.78, 5) is 23.4. The summed E-state index contributed by atoms with van der Waals surface area (Å²) in [5, 5.41) is 8.74. The normalized spacial score (nSPS) is 24.1. The minimum atomic E-state index is -0.917. The molecule has 0 amide bonds. The first-order valence-corrected chi connectivity index (χ1v) is 5.75. The number of hydrogen-bond donors (Lipinski definition) is 1. The van der Waals surface area contributed by atoms with E-state index < -0.39 is 5.97 Å². The summed E-state index contributed by atoms with van der Waals surface area (Å²) >= 11 is 0. The number of rotatable bonds is 4. The Morgan fingerprint density at radius 2 is 2.28 bits per heavy atom. The average molecular weight is 251 g/mol. The second kappa shape index (κ2) is 5.27. The molecule has 1 heterocycles. The fourth-order valence-electron chi connectivity index (χ4n) is 2.46. The molecule has 1 aromatic carbocycles. The zero-order chi connectivity index (χ0) is 13.1. The number of carboxylic acids is 1. The summed E-state index contributed by atoms with van der Waals surface area (Å²) in [5.74, 6) is -1.66. The van der Waals surface area contributed by atoms with Gasteiger partial charge in [-0.25, -0.2) is 4.39 Å². The molecule has 0 saturated carbocycles. The molecule has 18 heavy (non-hydrogen) atoms. The molecule has 1 aliphatic rings. The van der Waals surface area contributed by atoms with Gasteiger partial charge in [0.05, 0.1) is 6.54 Å². The van der Waals surface area contributed by atoms with Crippen LogP contribution in [0.5, 0.6) is 0 Å². The van der Waals surface area contributed by atoms with E-state index in [-0.39, 0.29) is 24.2 Å². The lowest BCUT2D eigenvalue weighted by molar-refractivity contribution is -0.138. The van der Waals surface area contributed by atoms with Crippen LogP contribution in [0.3, 0.4) is 0 Å². The van der Waals surface area contributed by atoms with E-state index in [0.717, 1.165) is 11.8 Å². The topological polar surface area (TPSA) is 57.6 Å². The van der Waals surface area contributed by atoms with Gasteiger partial charge < -0.3 is 9.90 Å². The summed E-state index contributed by atoms with van der Waals surface area (Å²) < 4.78 is 13.2. The van der Waals surface area contributed by atoms with Gasteiger partial charge in [0.25, 0.3) is 0 Å². The lowest BCUT2D eigenvalue weighted by Crippen LogP contribution is -2.27. The Labute approximate surface area is 104 Å². The van der Waals surface area contributed by atoms with E-state index >= 15 is 0 Å². The third-order valence-corrected chi connectivity index (χ3v) is 3.25. The standard InChI is InChI=1S/C13H14FNO3/c14-11-3-1-2-9(4-11)12-6-15(7-13(17)18)5-10(12)8-16/h1-4,8,10,12H,5-7H2,(H,17,18)/t10-,12-/m1/s1. The molecule has 1 fully saturated rings. The number of carboxylic acid groups (broad SMARTS) is 1. The summed E-state index contributed by atoms with van der Waals surface area (Å²) in [7, 11) is 0. The van der Waals surface area contributed by atoms with Crippen LogP contribution < -0.4 is 0 Å². The molecule has 0 aliphatic carbocycles. The van der Waals surface area contributed by atoms with Crippen molar-refractivity contribution in [3.05, 3.63) is 35.6 Å². The molecule has 1 N–H and O–H groups in total. The molecule has 4 nitrogen and oxygen atoms in total. The maximum atomic E-state index is 13.2. The highest BCUT2D eigenvalue weighted by atomic mass is 19.1. The summed E-state index contributed by atoms with van der Waals surface area (Å²) in [6.07, 6.45) is 0.831. The van der Waals surface area contributed by atoms with Crippen molar-refractivity contribution in [1.82, 2.24) is 4.90 Å². The van der Waals surface area contributed by atoms with Gasteiger partial charge in [0.2, 0.25) is 0 Å². The van der Waals surface area contributed by atoms with Gasteiger partial charge >= 0.3 is 5.97 Å². The van der Waals surface area contributed by atoms with E-state index in [1.807, 2.05) is 0 Å². The van der Waals surface area contributed by atoms with Gasteiger partial charge in [-0.3, -0.25) is 9.69 Å². The molecule has 5 heteroatoms. The van der Waals surface area contributed by atoms with Crippen LogP contribution in [0.2, 0.25) is 0 Å². The SMILES string of the molecule is O=C[C@H]1CN(CC(=O)O)C[C@@H]1c1cccc(F)c1. The zero-order valence-corrected chi connectivity index (χ0v) is 9.75. The molecule has 96 valence electrons. The van der Waals surface area contributed by atoms with Crippen molar-refractivity contribution in [2.45, 2.75) is 5.92 Å². The lowest BCUT2D eigenvalue weighted by atomic mass is 9.90. The van der Waals surface area contributed by atoms with Gasteiger partial charge in [-0.05, 0) is 17.7 Å². The Balaban J connectivity index is 2.16. The Hall–Kier alpha value is -1.75. The molecule has 0 aromatic heterocycles. The molecular formula is C13H14FNO3. The Kier molecular flexibility index (Phi) is 3.72. The smallest absolute Gasteiger partial charge is 0.317 e. The third-order valence-electron chi connectivity index (χ3n) is 3.25. The highest BCUT2D eigenvalue weighted by molar-refractivity contribution is 5.69. The number of hydrogen-bond acceptors (Lipinski definition) is 3. The van der Waals surface area contributed by atoms with Crippen molar-refractivity contribution in [1.29, 1.82) is 0 Å². The number of likely N-dealkylation sites (tertiary alicyclic amines) is 1. The molecule has 1 aliphatic heterocycles.